The zero-order valence-corrected chi connectivity index (χ0v) is 9.05. The van der Waals surface area contributed by atoms with E-state index in [9.17, 15) is 9.59 Å². The van der Waals surface area contributed by atoms with Crippen LogP contribution in [0.2, 0.25) is 0 Å². The second-order valence-corrected chi connectivity index (χ2v) is 3.07. The molecule has 1 aromatic rings. The standard InChI is InChI=1S/C11H12N2O4/c1-2-5-12-10(14)7-17-8-3-4-9(11(15)16)13-6-8/h2-4,6H,1,5,7H2,(H,12,14)(H,15,16). The summed E-state index contributed by atoms with van der Waals surface area (Å²) in [5.41, 5.74) is -0.0755. The van der Waals surface area contributed by atoms with Gasteiger partial charge in [0.2, 0.25) is 0 Å². The van der Waals surface area contributed by atoms with Gasteiger partial charge in [-0.2, -0.15) is 0 Å². The monoisotopic (exact) mass is 236 g/mol. The average molecular weight is 236 g/mol. The fourth-order valence-electron chi connectivity index (χ4n) is 0.978. The van der Waals surface area contributed by atoms with Crippen LogP contribution in [-0.2, 0) is 4.79 Å². The van der Waals surface area contributed by atoms with Crippen molar-refractivity contribution in [3.63, 3.8) is 0 Å². The van der Waals surface area contributed by atoms with Gasteiger partial charge in [-0.15, -0.1) is 6.58 Å². The number of nitrogens with zero attached hydrogens (tertiary/aromatic N) is 1. The van der Waals surface area contributed by atoms with E-state index in [0.717, 1.165) is 0 Å². The van der Waals surface area contributed by atoms with Crippen LogP contribution in [0.25, 0.3) is 0 Å². The van der Waals surface area contributed by atoms with Crippen molar-refractivity contribution in [1.82, 2.24) is 10.3 Å². The van der Waals surface area contributed by atoms with Crippen LogP contribution in [0, 0.1) is 0 Å². The van der Waals surface area contributed by atoms with E-state index in [4.69, 9.17) is 9.84 Å². The van der Waals surface area contributed by atoms with E-state index < -0.39 is 5.97 Å². The number of hydrogen-bond acceptors (Lipinski definition) is 4. The van der Waals surface area contributed by atoms with Crippen molar-refractivity contribution < 1.29 is 19.4 Å². The molecular weight excluding hydrogens is 224 g/mol. The molecule has 0 fully saturated rings. The number of nitrogens with one attached hydrogen (secondary N) is 1. The average Bonchev–Trinajstić information content (AvgIpc) is 2.34. The molecule has 1 rings (SSSR count). The number of carbonyl (C=O) groups is 2. The highest BCUT2D eigenvalue weighted by molar-refractivity contribution is 5.85. The Kier molecular flexibility index (Phi) is 4.68. The lowest BCUT2D eigenvalue weighted by Gasteiger charge is -2.05. The third-order valence-corrected chi connectivity index (χ3v) is 1.77. The summed E-state index contributed by atoms with van der Waals surface area (Å²) in [4.78, 5) is 25.3. The molecule has 0 saturated heterocycles. The number of carboxylic acids is 1. The highest BCUT2D eigenvalue weighted by Crippen LogP contribution is 2.08. The number of aromatic nitrogens is 1. The second kappa shape index (κ2) is 6.26. The van der Waals surface area contributed by atoms with Gasteiger partial charge in [0.1, 0.15) is 11.4 Å². The van der Waals surface area contributed by atoms with Crippen LogP contribution >= 0.6 is 0 Å². The molecular formula is C11H12N2O4. The summed E-state index contributed by atoms with van der Waals surface area (Å²) in [6.07, 6.45) is 2.81. The molecule has 1 aromatic heterocycles. The Labute approximate surface area is 97.9 Å². The molecule has 0 radical (unpaired) electrons. The minimum atomic E-state index is -1.11. The summed E-state index contributed by atoms with van der Waals surface area (Å²) < 4.78 is 5.10. The lowest BCUT2D eigenvalue weighted by Crippen LogP contribution is -2.28. The third kappa shape index (κ3) is 4.33. The molecule has 2 N–H and O–H groups in total. The van der Waals surface area contributed by atoms with Gasteiger partial charge in [0.05, 0.1) is 6.20 Å². The van der Waals surface area contributed by atoms with Gasteiger partial charge in [-0.3, -0.25) is 4.79 Å². The highest BCUT2D eigenvalue weighted by atomic mass is 16.5. The fourth-order valence-corrected chi connectivity index (χ4v) is 0.978. The van der Waals surface area contributed by atoms with E-state index in [1.165, 1.54) is 18.3 Å². The first-order valence-electron chi connectivity index (χ1n) is 4.83. The summed E-state index contributed by atoms with van der Waals surface area (Å²) >= 11 is 0. The molecule has 6 heteroatoms. The van der Waals surface area contributed by atoms with Crippen molar-refractivity contribution >= 4 is 11.9 Å². The molecule has 0 aliphatic carbocycles. The number of carbonyl (C=O) groups excluding carboxylic acids is 1. The zero-order chi connectivity index (χ0) is 12.7. The Bertz CT molecular complexity index is 414. The Morgan fingerprint density at radius 2 is 2.29 bits per heavy atom. The normalized spacial score (nSPS) is 9.41. The van der Waals surface area contributed by atoms with Crippen LogP contribution in [0.5, 0.6) is 5.75 Å². The van der Waals surface area contributed by atoms with Gasteiger partial charge < -0.3 is 15.2 Å². The SMILES string of the molecule is C=CCNC(=O)COc1ccc(C(=O)O)nc1. The first-order valence-corrected chi connectivity index (χ1v) is 4.83. The molecule has 0 aromatic carbocycles. The molecule has 6 nitrogen and oxygen atoms in total. The lowest BCUT2D eigenvalue weighted by atomic mass is 10.3. The highest BCUT2D eigenvalue weighted by Gasteiger charge is 2.05. The molecule has 0 spiro atoms. The topological polar surface area (TPSA) is 88.5 Å². The number of amides is 1. The van der Waals surface area contributed by atoms with E-state index >= 15 is 0 Å². The molecule has 90 valence electrons. The Morgan fingerprint density at radius 1 is 1.53 bits per heavy atom. The zero-order valence-electron chi connectivity index (χ0n) is 9.05. The number of pyridine rings is 1. The van der Waals surface area contributed by atoms with E-state index in [1.54, 1.807) is 6.08 Å². The van der Waals surface area contributed by atoms with Crippen molar-refractivity contribution in [2.45, 2.75) is 0 Å². The van der Waals surface area contributed by atoms with Crippen molar-refractivity contribution in [2.24, 2.45) is 0 Å². The van der Waals surface area contributed by atoms with Crippen molar-refractivity contribution in [1.29, 1.82) is 0 Å². The van der Waals surface area contributed by atoms with Gasteiger partial charge in [-0.05, 0) is 12.1 Å². The van der Waals surface area contributed by atoms with Gasteiger partial charge in [-0.25, -0.2) is 9.78 Å². The summed E-state index contributed by atoms with van der Waals surface area (Å²) in [5.74, 6) is -1.06. The van der Waals surface area contributed by atoms with Crippen LogP contribution < -0.4 is 10.1 Å². The summed E-state index contributed by atoms with van der Waals surface area (Å²) in [5, 5.41) is 11.1. The molecule has 0 atom stereocenters. The van der Waals surface area contributed by atoms with Crippen LogP contribution in [0.1, 0.15) is 10.5 Å². The maximum absolute atomic E-state index is 11.2. The number of ether oxygens (including phenoxy) is 1. The Hall–Kier alpha value is -2.37. The van der Waals surface area contributed by atoms with Crippen molar-refractivity contribution in [3.05, 3.63) is 36.7 Å². The quantitative estimate of drug-likeness (QED) is 0.700. The van der Waals surface area contributed by atoms with Gasteiger partial charge in [0, 0.05) is 6.54 Å². The van der Waals surface area contributed by atoms with E-state index in [0.29, 0.717) is 12.3 Å². The van der Waals surface area contributed by atoms with E-state index in [2.05, 4.69) is 16.9 Å². The molecule has 0 unspecified atom stereocenters. The van der Waals surface area contributed by atoms with Crippen LogP contribution in [0.15, 0.2) is 31.0 Å². The lowest BCUT2D eigenvalue weighted by molar-refractivity contribution is -0.122. The molecule has 17 heavy (non-hydrogen) atoms. The van der Waals surface area contributed by atoms with Gasteiger partial charge in [-0.1, -0.05) is 6.08 Å². The van der Waals surface area contributed by atoms with Crippen LogP contribution in [-0.4, -0.2) is 35.1 Å². The second-order valence-electron chi connectivity index (χ2n) is 3.07. The predicted molar refractivity (Wildman–Crippen MR) is 59.9 cm³/mol. The van der Waals surface area contributed by atoms with Crippen LogP contribution in [0.3, 0.4) is 0 Å². The maximum atomic E-state index is 11.2. The maximum Gasteiger partial charge on any atom is 0.354 e. The summed E-state index contributed by atoms with van der Waals surface area (Å²) in [7, 11) is 0. The molecule has 0 saturated carbocycles. The molecule has 0 aliphatic rings. The van der Waals surface area contributed by atoms with Crippen molar-refractivity contribution in [3.8, 4) is 5.75 Å². The molecule has 0 bridgehead atoms. The van der Waals surface area contributed by atoms with Crippen molar-refractivity contribution in [2.75, 3.05) is 13.2 Å². The largest absolute Gasteiger partial charge is 0.482 e. The minimum Gasteiger partial charge on any atom is -0.482 e. The predicted octanol–water partition coefficient (Wildman–Crippen LogP) is 0.461. The van der Waals surface area contributed by atoms with E-state index in [1.807, 2.05) is 0 Å². The fraction of sp³-hybridized carbons (Fsp3) is 0.182. The Morgan fingerprint density at radius 3 is 2.82 bits per heavy atom. The first kappa shape index (κ1) is 12.7. The Balaban J connectivity index is 2.44. The van der Waals surface area contributed by atoms with Crippen LogP contribution in [0.4, 0.5) is 0 Å². The summed E-state index contributed by atoms with van der Waals surface area (Å²) in [6.45, 7) is 3.68. The van der Waals surface area contributed by atoms with Gasteiger partial charge >= 0.3 is 5.97 Å². The number of hydrogen-bond donors (Lipinski definition) is 2. The van der Waals surface area contributed by atoms with Gasteiger partial charge in [0.15, 0.2) is 6.61 Å². The van der Waals surface area contributed by atoms with E-state index in [-0.39, 0.29) is 18.2 Å². The number of rotatable bonds is 6. The number of aromatic carboxylic acids is 1. The smallest absolute Gasteiger partial charge is 0.354 e. The third-order valence-electron chi connectivity index (χ3n) is 1.77. The number of carboxylic acid groups (broad SMARTS) is 1. The molecule has 1 heterocycles. The minimum absolute atomic E-state index is 0.0755. The first-order chi connectivity index (χ1) is 8.13. The molecule has 1 amide bonds. The molecule has 0 aliphatic heterocycles. The van der Waals surface area contributed by atoms with Gasteiger partial charge in [0.25, 0.3) is 5.91 Å². The summed E-state index contributed by atoms with van der Waals surface area (Å²) in [6, 6.07) is 2.75.